The molecule has 1 unspecified atom stereocenters. The molecule has 4 heteroatoms. The summed E-state index contributed by atoms with van der Waals surface area (Å²) in [6.45, 7) is 1.10. The second-order valence-corrected chi connectivity index (χ2v) is 6.07. The fourth-order valence-electron chi connectivity index (χ4n) is 2.00. The van der Waals surface area contributed by atoms with E-state index in [9.17, 15) is 0 Å². The molecule has 2 aromatic rings. The molecule has 0 bridgehead atoms. The molecule has 2 nitrogen and oxygen atoms in total. The predicted octanol–water partition coefficient (Wildman–Crippen LogP) is 5.00. The van der Waals surface area contributed by atoms with E-state index in [1.165, 1.54) is 5.56 Å². The zero-order chi connectivity index (χ0) is 15.1. The summed E-state index contributed by atoms with van der Waals surface area (Å²) in [5, 5.41) is -0.0586. The number of alkyl halides is 1. The molecule has 0 spiro atoms. The van der Waals surface area contributed by atoms with E-state index >= 15 is 0 Å². The van der Waals surface area contributed by atoms with Crippen LogP contribution in [-0.2, 0) is 11.2 Å². The minimum Gasteiger partial charge on any atom is -0.490 e. The molecule has 112 valence electrons. The van der Waals surface area contributed by atoms with Crippen molar-refractivity contribution < 1.29 is 9.47 Å². The number of hydrogen-bond donors (Lipinski definition) is 0. The minimum absolute atomic E-state index is 0.0586. The van der Waals surface area contributed by atoms with Crippen LogP contribution in [0.1, 0.15) is 16.5 Å². The van der Waals surface area contributed by atoms with Gasteiger partial charge in [-0.3, -0.25) is 0 Å². The molecule has 0 radical (unpaired) electrons. The van der Waals surface area contributed by atoms with E-state index in [0.29, 0.717) is 13.2 Å². The van der Waals surface area contributed by atoms with E-state index in [0.717, 1.165) is 22.2 Å². The molecule has 0 amide bonds. The molecule has 0 aliphatic heterocycles. The highest BCUT2D eigenvalue weighted by molar-refractivity contribution is 9.10. The fourth-order valence-corrected chi connectivity index (χ4v) is 2.83. The molecule has 0 heterocycles. The lowest BCUT2D eigenvalue weighted by atomic mass is 10.0. The summed E-state index contributed by atoms with van der Waals surface area (Å²) < 4.78 is 11.5. The highest BCUT2D eigenvalue weighted by atomic mass is 79.9. The lowest BCUT2D eigenvalue weighted by molar-refractivity contribution is 0.146. The van der Waals surface area contributed by atoms with Crippen molar-refractivity contribution in [3.05, 3.63) is 64.1 Å². The Kier molecular flexibility index (Phi) is 6.55. The van der Waals surface area contributed by atoms with Crippen molar-refractivity contribution in [3.63, 3.8) is 0 Å². The number of ether oxygens (including phenoxy) is 2. The summed E-state index contributed by atoms with van der Waals surface area (Å²) in [6.07, 6.45) is 0.804. The van der Waals surface area contributed by atoms with Gasteiger partial charge in [0, 0.05) is 7.11 Å². The lowest BCUT2D eigenvalue weighted by Gasteiger charge is -2.13. The maximum Gasteiger partial charge on any atom is 0.133 e. The largest absolute Gasteiger partial charge is 0.490 e. The van der Waals surface area contributed by atoms with Crippen LogP contribution in [0.25, 0.3) is 0 Å². The van der Waals surface area contributed by atoms with Crippen molar-refractivity contribution in [1.29, 1.82) is 0 Å². The molecule has 0 aromatic heterocycles. The summed E-state index contributed by atoms with van der Waals surface area (Å²) in [5.74, 6) is 0.805. The van der Waals surface area contributed by atoms with Gasteiger partial charge in [0.25, 0.3) is 0 Å². The van der Waals surface area contributed by atoms with Crippen LogP contribution in [0.5, 0.6) is 5.75 Å². The third-order valence-corrected chi connectivity index (χ3v) is 4.15. The Morgan fingerprint density at radius 2 is 1.86 bits per heavy atom. The van der Waals surface area contributed by atoms with Crippen LogP contribution in [0.15, 0.2) is 53.0 Å². The molecular formula is C17H18BrClO2. The Morgan fingerprint density at radius 1 is 1.10 bits per heavy atom. The predicted molar refractivity (Wildman–Crippen MR) is 90.3 cm³/mol. The van der Waals surface area contributed by atoms with E-state index in [-0.39, 0.29) is 5.38 Å². The molecule has 21 heavy (non-hydrogen) atoms. The van der Waals surface area contributed by atoms with Crippen molar-refractivity contribution in [2.45, 2.75) is 11.8 Å². The highest BCUT2D eigenvalue weighted by Gasteiger charge is 2.11. The second kappa shape index (κ2) is 8.42. The van der Waals surface area contributed by atoms with Crippen LogP contribution in [0.4, 0.5) is 0 Å². The minimum atomic E-state index is -0.0586. The number of benzene rings is 2. The topological polar surface area (TPSA) is 18.5 Å². The van der Waals surface area contributed by atoms with Crippen molar-refractivity contribution in [2.75, 3.05) is 20.3 Å². The molecule has 0 aliphatic rings. The Balaban J connectivity index is 2.01. The smallest absolute Gasteiger partial charge is 0.133 e. The van der Waals surface area contributed by atoms with Gasteiger partial charge in [0.05, 0.1) is 16.5 Å². The molecule has 0 N–H and O–H groups in total. The van der Waals surface area contributed by atoms with E-state index < -0.39 is 0 Å². The quantitative estimate of drug-likeness (QED) is 0.505. The van der Waals surface area contributed by atoms with Gasteiger partial charge in [-0.15, -0.1) is 11.6 Å². The van der Waals surface area contributed by atoms with Crippen LogP contribution in [0.3, 0.4) is 0 Å². The van der Waals surface area contributed by atoms with Gasteiger partial charge in [0.1, 0.15) is 12.4 Å². The summed E-state index contributed by atoms with van der Waals surface area (Å²) in [6, 6.07) is 16.2. The monoisotopic (exact) mass is 368 g/mol. The second-order valence-electron chi connectivity index (χ2n) is 4.69. The third kappa shape index (κ3) is 5.03. The summed E-state index contributed by atoms with van der Waals surface area (Å²) in [5.41, 5.74) is 2.31. The molecule has 0 saturated carbocycles. The number of rotatable bonds is 7. The molecular weight excluding hydrogens is 352 g/mol. The summed E-state index contributed by atoms with van der Waals surface area (Å²) in [4.78, 5) is 0. The Labute approximate surface area is 139 Å². The average Bonchev–Trinajstić information content (AvgIpc) is 2.50. The van der Waals surface area contributed by atoms with Gasteiger partial charge >= 0.3 is 0 Å². The third-order valence-electron chi connectivity index (χ3n) is 3.12. The number of halogens is 2. The zero-order valence-electron chi connectivity index (χ0n) is 11.9. The summed E-state index contributed by atoms with van der Waals surface area (Å²) in [7, 11) is 1.66. The number of methoxy groups -OCH3 is 1. The van der Waals surface area contributed by atoms with Crippen LogP contribution in [0.2, 0.25) is 0 Å². The van der Waals surface area contributed by atoms with Crippen LogP contribution in [-0.4, -0.2) is 20.3 Å². The Bertz CT molecular complexity index is 560. The zero-order valence-corrected chi connectivity index (χ0v) is 14.2. The molecule has 2 rings (SSSR count). The van der Waals surface area contributed by atoms with E-state index in [4.69, 9.17) is 21.1 Å². The lowest BCUT2D eigenvalue weighted by Crippen LogP contribution is -2.05. The van der Waals surface area contributed by atoms with Crippen LogP contribution >= 0.6 is 27.5 Å². The van der Waals surface area contributed by atoms with Crippen molar-refractivity contribution in [3.8, 4) is 5.75 Å². The molecule has 1 atom stereocenters. The maximum atomic E-state index is 6.51. The first-order chi connectivity index (χ1) is 10.2. The van der Waals surface area contributed by atoms with Gasteiger partial charge in [-0.25, -0.2) is 0 Å². The maximum absolute atomic E-state index is 6.51. The first-order valence-corrected chi connectivity index (χ1v) is 8.03. The van der Waals surface area contributed by atoms with Crippen LogP contribution < -0.4 is 4.74 Å². The van der Waals surface area contributed by atoms with Crippen molar-refractivity contribution in [2.24, 2.45) is 0 Å². The van der Waals surface area contributed by atoms with Gasteiger partial charge < -0.3 is 9.47 Å². The highest BCUT2D eigenvalue weighted by Crippen LogP contribution is 2.32. The van der Waals surface area contributed by atoms with Crippen molar-refractivity contribution >= 4 is 27.5 Å². The SMILES string of the molecule is COCCOc1ccc(C(Cl)Cc2ccccc2)cc1Br. The Hall–Kier alpha value is -1.03. The first kappa shape index (κ1) is 16.3. The van der Waals surface area contributed by atoms with Gasteiger partial charge in [-0.05, 0) is 45.6 Å². The Morgan fingerprint density at radius 3 is 2.52 bits per heavy atom. The van der Waals surface area contributed by atoms with E-state index in [1.807, 2.05) is 36.4 Å². The van der Waals surface area contributed by atoms with Gasteiger partial charge in [0.15, 0.2) is 0 Å². The molecule has 0 fully saturated rings. The van der Waals surface area contributed by atoms with E-state index in [1.54, 1.807) is 7.11 Å². The van der Waals surface area contributed by atoms with Crippen molar-refractivity contribution in [1.82, 2.24) is 0 Å². The van der Waals surface area contributed by atoms with Gasteiger partial charge in [0.2, 0.25) is 0 Å². The molecule has 0 aliphatic carbocycles. The van der Waals surface area contributed by atoms with E-state index in [2.05, 4.69) is 28.1 Å². The summed E-state index contributed by atoms with van der Waals surface area (Å²) >= 11 is 10.0. The first-order valence-electron chi connectivity index (χ1n) is 6.80. The standard InChI is InChI=1S/C17H18BrClO2/c1-20-9-10-21-17-8-7-14(12-15(17)18)16(19)11-13-5-3-2-4-6-13/h2-8,12,16H,9-11H2,1H3. The molecule has 0 saturated heterocycles. The van der Waals surface area contributed by atoms with Gasteiger partial charge in [-0.2, -0.15) is 0 Å². The fraction of sp³-hybridized carbons (Fsp3) is 0.294. The normalized spacial score (nSPS) is 12.1. The van der Waals surface area contributed by atoms with Crippen LogP contribution in [0, 0.1) is 0 Å². The molecule has 2 aromatic carbocycles. The van der Waals surface area contributed by atoms with Gasteiger partial charge in [-0.1, -0.05) is 36.4 Å². The average molecular weight is 370 g/mol. The number of hydrogen-bond acceptors (Lipinski definition) is 2.